The molecular formula is C16H27ClN2O2. The first-order valence-electron chi connectivity index (χ1n) is 7.12. The van der Waals surface area contributed by atoms with Crippen LogP contribution in [0.5, 0.6) is 5.75 Å². The average Bonchev–Trinajstić information content (AvgIpc) is 2.36. The lowest BCUT2D eigenvalue weighted by Gasteiger charge is -2.19. The molecule has 0 aliphatic rings. The molecule has 0 spiro atoms. The van der Waals surface area contributed by atoms with Crippen LogP contribution in [0.15, 0.2) is 18.2 Å². The SMILES string of the molecule is Cc1cccc(C)c1OCC(=O)NC(CN)CC(C)C.Cl. The van der Waals surface area contributed by atoms with E-state index >= 15 is 0 Å². The van der Waals surface area contributed by atoms with Gasteiger partial charge in [0.25, 0.3) is 5.91 Å². The number of carbonyl (C=O) groups is 1. The van der Waals surface area contributed by atoms with Gasteiger partial charge in [-0.15, -0.1) is 12.4 Å². The van der Waals surface area contributed by atoms with Crippen molar-refractivity contribution in [1.82, 2.24) is 5.32 Å². The Labute approximate surface area is 133 Å². The summed E-state index contributed by atoms with van der Waals surface area (Å²) < 4.78 is 5.63. The molecule has 1 rings (SSSR count). The van der Waals surface area contributed by atoms with Crippen molar-refractivity contribution < 1.29 is 9.53 Å². The molecule has 4 nitrogen and oxygen atoms in total. The van der Waals surface area contributed by atoms with Gasteiger partial charge in [0.05, 0.1) is 0 Å². The number of amides is 1. The van der Waals surface area contributed by atoms with Crippen molar-refractivity contribution in [2.24, 2.45) is 11.7 Å². The normalized spacial score (nSPS) is 11.7. The first kappa shape index (κ1) is 19.7. The molecule has 3 N–H and O–H groups in total. The molecule has 1 unspecified atom stereocenters. The molecule has 21 heavy (non-hydrogen) atoms. The number of benzene rings is 1. The Bertz CT molecular complexity index is 430. The van der Waals surface area contributed by atoms with Crippen LogP contribution in [0.3, 0.4) is 0 Å². The smallest absolute Gasteiger partial charge is 0.258 e. The van der Waals surface area contributed by atoms with Crippen molar-refractivity contribution in [3.05, 3.63) is 29.3 Å². The molecule has 1 atom stereocenters. The van der Waals surface area contributed by atoms with E-state index in [-0.39, 0.29) is 31.0 Å². The van der Waals surface area contributed by atoms with Gasteiger partial charge in [0.1, 0.15) is 5.75 Å². The Morgan fingerprint density at radius 2 is 1.86 bits per heavy atom. The van der Waals surface area contributed by atoms with Gasteiger partial charge >= 0.3 is 0 Å². The zero-order chi connectivity index (χ0) is 15.1. The summed E-state index contributed by atoms with van der Waals surface area (Å²) in [6, 6.07) is 5.94. The zero-order valence-corrected chi connectivity index (χ0v) is 14.1. The highest BCUT2D eigenvalue weighted by molar-refractivity contribution is 5.85. The molecule has 0 radical (unpaired) electrons. The maximum atomic E-state index is 11.9. The van der Waals surface area contributed by atoms with Gasteiger partial charge in [-0.2, -0.15) is 0 Å². The molecule has 0 heterocycles. The van der Waals surface area contributed by atoms with Gasteiger partial charge in [-0.25, -0.2) is 0 Å². The lowest BCUT2D eigenvalue weighted by Crippen LogP contribution is -2.43. The van der Waals surface area contributed by atoms with Gasteiger partial charge in [0.2, 0.25) is 0 Å². The monoisotopic (exact) mass is 314 g/mol. The van der Waals surface area contributed by atoms with E-state index < -0.39 is 0 Å². The molecule has 1 amide bonds. The van der Waals surface area contributed by atoms with Crippen LogP contribution in [-0.4, -0.2) is 25.1 Å². The number of hydrogen-bond acceptors (Lipinski definition) is 3. The molecule has 0 bridgehead atoms. The molecule has 0 fully saturated rings. The fourth-order valence-electron chi connectivity index (χ4n) is 2.22. The molecule has 0 aliphatic heterocycles. The summed E-state index contributed by atoms with van der Waals surface area (Å²) in [6.07, 6.45) is 0.881. The fraction of sp³-hybridized carbons (Fsp3) is 0.562. The number of nitrogens with one attached hydrogen (secondary N) is 1. The van der Waals surface area contributed by atoms with Gasteiger partial charge in [-0.3, -0.25) is 4.79 Å². The molecule has 0 saturated heterocycles. The summed E-state index contributed by atoms with van der Waals surface area (Å²) in [5.74, 6) is 1.17. The highest BCUT2D eigenvalue weighted by Crippen LogP contribution is 2.22. The minimum Gasteiger partial charge on any atom is -0.483 e. The quantitative estimate of drug-likeness (QED) is 0.813. The predicted octanol–water partition coefficient (Wildman–Crippen LogP) is 2.59. The van der Waals surface area contributed by atoms with Crippen LogP contribution in [0.1, 0.15) is 31.4 Å². The van der Waals surface area contributed by atoms with Crippen molar-refractivity contribution in [1.29, 1.82) is 0 Å². The number of ether oxygens (including phenoxy) is 1. The Kier molecular flexibility index (Phi) is 9.06. The molecule has 1 aromatic carbocycles. The van der Waals surface area contributed by atoms with Crippen LogP contribution in [0, 0.1) is 19.8 Å². The largest absolute Gasteiger partial charge is 0.483 e. The van der Waals surface area contributed by atoms with Crippen molar-refractivity contribution in [2.75, 3.05) is 13.2 Å². The van der Waals surface area contributed by atoms with E-state index in [1.54, 1.807) is 0 Å². The first-order chi connectivity index (χ1) is 9.43. The molecule has 5 heteroatoms. The Balaban J connectivity index is 0.00000400. The molecule has 0 aromatic heterocycles. The molecule has 120 valence electrons. The number of nitrogens with two attached hydrogens (primary N) is 1. The molecular weight excluding hydrogens is 288 g/mol. The van der Waals surface area contributed by atoms with Crippen LogP contribution < -0.4 is 15.8 Å². The highest BCUT2D eigenvalue weighted by atomic mass is 35.5. The van der Waals surface area contributed by atoms with Gasteiger partial charge < -0.3 is 15.8 Å². The zero-order valence-electron chi connectivity index (χ0n) is 13.3. The summed E-state index contributed by atoms with van der Waals surface area (Å²) in [7, 11) is 0. The maximum absolute atomic E-state index is 11.9. The maximum Gasteiger partial charge on any atom is 0.258 e. The van der Waals surface area contributed by atoms with Crippen LogP contribution in [0.25, 0.3) is 0 Å². The third kappa shape index (κ3) is 6.82. The Morgan fingerprint density at radius 3 is 2.33 bits per heavy atom. The lowest BCUT2D eigenvalue weighted by molar-refractivity contribution is -0.123. The molecule has 1 aromatic rings. The predicted molar refractivity (Wildman–Crippen MR) is 89.1 cm³/mol. The average molecular weight is 315 g/mol. The van der Waals surface area contributed by atoms with E-state index in [0.717, 1.165) is 23.3 Å². The van der Waals surface area contributed by atoms with Crippen molar-refractivity contribution in [3.8, 4) is 5.75 Å². The van der Waals surface area contributed by atoms with E-state index in [9.17, 15) is 4.79 Å². The fourth-order valence-corrected chi connectivity index (χ4v) is 2.22. The third-order valence-corrected chi connectivity index (χ3v) is 3.16. The summed E-state index contributed by atoms with van der Waals surface area (Å²) in [5.41, 5.74) is 7.74. The second-order valence-electron chi connectivity index (χ2n) is 5.64. The second-order valence-corrected chi connectivity index (χ2v) is 5.64. The number of carbonyl (C=O) groups excluding carboxylic acids is 1. The second kappa shape index (κ2) is 9.64. The minimum atomic E-state index is -0.122. The number of hydrogen-bond donors (Lipinski definition) is 2. The minimum absolute atomic E-state index is 0. The van der Waals surface area contributed by atoms with Crippen LogP contribution in [-0.2, 0) is 4.79 Å². The van der Waals surface area contributed by atoms with Crippen molar-refractivity contribution in [3.63, 3.8) is 0 Å². The van der Waals surface area contributed by atoms with Crippen molar-refractivity contribution in [2.45, 2.75) is 40.2 Å². The number of rotatable bonds is 7. The van der Waals surface area contributed by atoms with Crippen LogP contribution in [0.4, 0.5) is 0 Å². The standard InChI is InChI=1S/C16H26N2O2.ClH/c1-11(2)8-14(9-17)18-15(19)10-20-16-12(3)6-5-7-13(16)4;/h5-7,11,14H,8-10,17H2,1-4H3,(H,18,19);1H. The van der Waals surface area contributed by atoms with E-state index in [1.807, 2.05) is 32.0 Å². The molecule has 0 aliphatic carbocycles. The van der Waals surface area contributed by atoms with Crippen LogP contribution >= 0.6 is 12.4 Å². The summed E-state index contributed by atoms with van der Waals surface area (Å²) >= 11 is 0. The van der Waals surface area contributed by atoms with E-state index in [2.05, 4.69) is 19.2 Å². The van der Waals surface area contributed by atoms with Gasteiger partial charge in [0.15, 0.2) is 6.61 Å². The third-order valence-electron chi connectivity index (χ3n) is 3.16. The van der Waals surface area contributed by atoms with Crippen molar-refractivity contribution >= 4 is 18.3 Å². The summed E-state index contributed by atoms with van der Waals surface area (Å²) in [6.45, 7) is 8.65. The molecule has 0 saturated carbocycles. The lowest BCUT2D eigenvalue weighted by atomic mass is 10.0. The van der Waals surface area contributed by atoms with Crippen LogP contribution in [0.2, 0.25) is 0 Å². The highest BCUT2D eigenvalue weighted by Gasteiger charge is 2.13. The first-order valence-corrected chi connectivity index (χ1v) is 7.12. The summed E-state index contributed by atoms with van der Waals surface area (Å²) in [5, 5.41) is 2.92. The number of para-hydroxylation sites is 1. The topological polar surface area (TPSA) is 64.3 Å². The Morgan fingerprint density at radius 1 is 1.29 bits per heavy atom. The van der Waals surface area contributed by atoms with Gasteiger partial charge in [0, 0.05) is 12.6 Å². The van der Waals surface area contributed by atoms with E-state index in [1.165, 1.54) is 0 Å². The van der Waals surface area contributed by atoms with Gasteiger partial charge in [-0.1, -0.05) is 32.0 Å². The van der Waals surface area contributed by atoms with E-state index in [0.29, 0.717) is 12.5 Å². The van der Waals surface area contributed by atoms with E-state index in [4.69, 9.17) is 10.5 Å². The Hall–Kier alpha value is -1.26. The van der Waals surface area contributed by atoms with Gasteiger partial charge in [-0.05, 0) is 37.3 Å². The summed E-state index contributed by atoms with van der Waals surface area (Å²) in [4.78, 5) is 11.9. The number of halogens is 1. The number of aryl methyl sites for hydroxylation is 2.